The molecule has 0 fully saturated rings. The van der Waals surface area contributed by atoms with E-state index in [-0.39, 0.29) is 0 Å². The fourth-order valence-electron chi connectivity index (χ4n) is 2.05. The van der Waals surface area contributed by atoms with Gasteiger partial charge >= 0.3 is 0 Å². The van der Waals surface area contributed by atoms with Gasteiger partial charge in [-0.25, -0.2) is 0 Å². The van der Waals surface area contributed by atoms with Gasteiger partial charge in [-0.2, -0.15) is 5.26 Å². The Morgan fingerprint density at radius 1 is 1.32 bits per heavy atom. The standard InChI is InChI=1S/C16H24N2O/c1-13(2)10-14(3)18(4)8-9-19-16-7-5-6-15(11-16)12-17/h5-7,11,13-14H,8-10H2,1-4H3. The molecule has 0 N–H and O–H groups in total. The molecule has 1 rings (SSSR count). The minimum Gasteiger partial charge on any atom is -0.492 e. The quantitative estimate of drug-likeness (QED) is 0.754. The monoisotopic (exact) mass is 260 g/mol. The Morgan fingerprint density at radius 3 is 2.68 bits per heavy atom. The fourth-order valence-corrected chi connectivity index (χ4v) is 2.05. The van der Waals surface area contributed by atoms with E-state index in [1.807, 2.05) is 12.1 Å². The molecule has 3 heteroatoms. The Morgan fingerprint density at radius 2 is 2.05 bits per heavy atom. The van der Waals surface area contributed by atoms with Gasteiger partial charge in [0.15, 0.2) is 0 Å². The van der Waals surface area contributed by atoms with Gasteiger partial charge in [0, 0.05) is 12.6 Å². The van der Waals surface area contributed by atoms with Gasteiger partial charge < -0.3 is 9.64 Å². The van der Waals surface area contributed by atoms with Crippen LogP contribution < -0.4 is 4.74 Å². The van der Waals surface area contributed by atoms with Crippen LogP contribution in [-0.2, 0) is 0 Å². The minimum absolute atomic E-state index is 0.564. The van der Waals surface area contributed by atoms with Crippen molar-refractivity contribution in [3.05, 3.63) is 29.8 Å². The molecule has 0 spiro atoms. The molecule has 0 amide bonds. The molecule has 0 aliphatic heterocycles. The maximum Gasteiger partial charge on any atom is 0.120 e. The first kappa shape index (κ1) is 15.5. The highest BCUT2D eigenvalue weighted by Crippen LogP contribution is 2.13. The van der Waals surface area contributed by atoms with Crippen LogP contribution in [0.5, 0.6) is 5.75 Å². The summed E-state index contributed by atoms with van der Waals surface area (Å²) in [7, 11) is 2.13. The van der Waals surface area contributed by atoms with Gasteiger partial charge in [-0.1, -0.05) is 19.9 Å². The van der Waals surface area contributed by atoms with E-state index in [0.717, 1.165) is 12.3 Å². The molecule has 0 aliphatic carbocycles. The van der Waals surface area contributed by atoms with E-state index in [1.165, 1.54) is 6.42 Å². The summed E-state index contributed by atoms with van der Waals surface area (Å²) in [6, 6.07) is 9.97. The molecule has 1 atom stereocenters. The molecule has 0 saturated heterocycles. The SMILES string of the molecule is CC(C)CC(C)N(C)CCOc1cccc(C#N)c1. The lowest BCUT2D eigenvalue weighted by Gasteiger charge is -2.26. The van der Waals surface area contributed by atoms with E-state index in [4.69, 9.17) is 10.00 Å². The normalized spacial score (nSPS) is 12.5. The molecule has 0 heterocycles. The first-order valence-corrected chi connectivity index (χ1v) is 6.86. The number of hydrogen-bond acceptors (Lipinski definition) is 3. The Kier molecular flexibility index (Phi) is 6.38. The predicted molar refractivity (Wildman–Crippen MR) is 78.2 cm³/mol. The van der Waals surface area contributed by atoms with E-state index in [0.29, 0.717) is 24.1 Å². The van der Waals surface area contributed by atoms with E-state index in [1.54, 1.807) is 12.1 Å². The lowest BCUT2D eigenvalue weighted by Crippen LogP contribution is -2.33. The molecule has 0 saturated carbocycles. The van der Waals surface area contributed by atoms with Crippen molar-refractivity contribution in [1.82, 2.24) is 4.90 Å². The first-order chi connectivity index (χ1) is 9.02. The average Bonchev–Trinajstić information content (AvgIpc) is 2.38. The zero-order valence-corrected chi connectivity index (χ0v) is 12.4. The summed E-state index contributed by atoms with van der Waals surface area (Å²) in [6.07, 6.45) is 1.19. The highest BCUT2D eigenvalue weighted by molar-refractivity contribution is 5.36. The number of ether oxygens (including phenoxy) is 1. The number of nitriles is 1. The second-order valence-corrected chi connectivity index (χ2v) is 5.45. The number of hydrogen-bond donors (Lipinski definition) is 0. The number of benzene rings is 1. The fraction of sp³-hybridized carbons (Fsp3) is 0.562. The van der Waals surface area contributed by atoms with Crippen LogP contribution >= 0.6 is 0 Å². The molecule has 3 nitrogen and oxygen atoms in total. The summed E-state index contributed by atoms with van der Waals surface area (Å²) in [5.74, 6) is 1.48. The van der Waals surface area contributed by atoms with Crippen molar-refractivity contribution in [2.24, 2.45) is 5.92 Å². The molecule has 0 aliphatic rings. The van der Waals surface area contributed by atoms with Gasteiger partial charge in [-0.05, 0) is 44.5 Å². The number of likely N-dealkylation sites (N-methyl/N-ethyl adjacent to an activating group) is 1. The van der Waals surface area contributed by atoms with E-state index in [9.17, 15) is 0 Å². The van der Waals surface area contributed by atoms with Crippen molar-refractivity contribution < 1.29 is 4.74 Å². The molecule has 0 aromatic heterocycles. The van der Waals surface area contributed by atoms with E-state index in [2.05, 4.69) is 38.8 Å². The Hall–Kier alpha value is -1.53. The van der Waals surface area contributed by atoms with Gasteiger partial charge in [0.2, 0.25) is 0 Å². The van der Waals surface area contributed by atoms with Gasteiger partial charge in [-0.3, -0.25) is 0 Å². The second kappa shape index (κ2) is 7.81. The lowest BCUT2D eigenvalue weighted by molar-refractivity contribution is 0.184. The third-order valence-electron chi connectivity index (χ3n) is 3.24. The molecular formula is C16H24N2O. The van der Waals surface area contributed by atoms with Crippen LogP contribution in [0.25, 0.3) is 0 Å². The maximum absolute atomic E-state index is 8.82. The molecular weight excluding hydrogens is 236 g/mol. The summed E-state index contributed by atoms with van der Waals surface area (Å²) in [4.78, 5) is 2.31. The summed E-state index contributed by atoms with van der Waals surface area (Å²) in [6.45, 7) is 8.28. The Labute approximate surface area is 116 Å². The van der Waals surface area contributed by atoms with Gasteiger partial charge in [0.05, 0.1) is 11.6 Å². The number of nitrogens with zero attached hydrogens (tertiary/aromatic N) is 2. The topological polar surface area (TPSA) is 36.3 Å². The van der Waals surface area contributed by atoms with Gasteiger partial charge in [0.1, 0.15) is 12.4 Å². The zero-order chi connectivity index (χ0) is 14.3. The van der Waals surface area contributed by atoms with E-state index >= 15 is 0 Å². The van der Waals surface area contributed by atoms with Crippen molar-refractivity contribution in [2.75, 3.05) is 20.2 Å². The van der Waals surface area contributed by atoms with Crippen LogP contribution in [0.1, 0.15) is 32.8 Å². The van der Waals surface area contributed by atoms with Crippen molar-refractivity contribution in [1.29, 1.82) is 5.26 Å². The first-order valence-electron chi connectivity index (χ1n) is 6.86. The Balaban J connectivity index is 2.35. The summed E-state index contributed by atoms with van der Waals surface area (Å²) < 4.78 is 5.68. The molecule has 1 aromatic carbocycles. The molecule has 1 unspecified atom stereocenters. The van der Waals surface area contributed by atoms with Crippen molar-refractivity contribution in [2.45, 2.75) is 33.2 Å². The van der Waals surface area contributed by atoms with Gasteiger partial charge in [0.25, 0.3) is 0 Å². The van der Waals surface area contributed by atoms with E-state index < -0.39 is 0 Å². The van der Waals surface area contributed by atoms with Crippen LogP contribution in [0.15, 0.2) is 24.3 Å². The van der Waals surface area contributed by atoms with Crippen molar-refractivity contribution >= 4 is 0 Å². The molecule has 0 bridgehead atoms. The second-order valence-electron chi connectivity index (χ2n) is 5.45. The number of rotatable bonds is 7. The summed E-state index contributed by atoms with van der Waals surface area (Å²) in [5, 5.41) is 8.82. The summed E-state index contributed by atoms with van der Waals surface area (Å²) in [5.41, 5.74) is 0.638. The van der Waals surface area contributed by atoms with Crippen LogP contribution in [0.4, 0.5) is 0 Å². The highest BCUT2D eigenvalue weighted by atomic mass is 16.5. The van der Waals surface area contributed by atoms with Crippen molar-refractivity contribution in [3.8, 4) is 11.8 Å². The van der Waals surface area contributed by atoms with Crippen LogP contribution in [0, 0.1) is 17.2 Å². The third-order valence-corrected chi connectivity index (χ3v) is 3.24. The van der Waals surface area contributed by atoms with Crippen molar-refractivity contribution in [3.63, 3.8) is 0 Å². The Bertz CT molecular complexity index is 423. The van der Waals surface area contributed by atoms with Gasteiger partial charge in [-0.15, -0.1) is 0 Å². The van der Waals surface area contributed by atoms with Crippen LogP contribution in [0.2, 0.25) is 0 Å². The largest absolute Gasteiger partial charge is 0.492 e. The third kappa shape index (κ3) is 5.76. The summed E-state index contributed by atoms with van der Waals surface area (Å²) >= 11 is 0. The van der Waals surface area contributed by atoms with Crippen LogP contribution in [0.3, 0.4) is 0 Å². The molecule has 19 heavy (non-hydrogen) atoms. The minimum atomic E-state index is 0.564. The molecule has 104 valence electrons. The smallest absolute Gasteiger partial charge is 0.120 e. The average molecular weight is 260 g/mol. The maximum atomic E-state index is 8.82. The zero-order valence-electron chi connectivity index (χ0n) is 12.4. The highest BCUT2D eigenvalue weighted by Gasteiger charge is 2.10. The molecule has 1 aromatic rings. The van der Waals surface area contributed by atoms with Crippen LogP contribution in [-0.4, -0.2) is 31.1 Å². The lowest BCUT2D eigenvalue weighted by atomic mass is 10.0. The molecule has 0 radical (unpaired) electrons. The predicted octanol–water partition coefficient (Wildman–Crippen LogP) is 3.30.